The third-order valence-electron chi connectivity index (χ3n) is 1.90. The maximum atomic E-state index is 11.5. The minimum atomic E-state index is -0.466. The number of hydrogen-bond acceptors (Lipinski definition) is 6. The molecule has 0 radical (unpaired) electrons. The van der Waals surface area contributed by atoms with Gasteiger partial charge in [-0.05, 0) is 17.5 Å². The number of nitrogens with zero attached hydrogens (tertiary/aromatic N) is 2. The summed E-state index contributed by atoms with van der Waals surface area (Å²) in [6, 6.07) is 6.42. The summed E-state index contributed by atoms with van der Waals surface area (Å²) < 4.78 is 0. The van der Waals surface area contributed by atoms with Crippen LogP contribution in [0.1, 0.15) is 14.5 Å². The van der Waals surface area contributed by atoms with E-state index in [1.165, 1.54) is 23.6 Å². The number of amides is 1. The van der Waals surface area contributed by atoms with E-state index in [2.05, 4.69) is 10.5 Å². The van der Waals surface area contributed by atoms with Crippen molar-refractivity contribution in [2.45, 2.75) is 0 Å². The zero-order chi connectivity index (χ0) is 13.0. The molecule has 2 aromatic rings. The molecule has 2 rings (SSSR count). The Balaban J connectivity index is 1.95. The Labute approximate surface area is 110 Å². The molecule has 0 aliphatic heterocycles. The summed E-state index contributed by atoms with van der Waals surface area (Å²) in [6.45, 7) is 0. The summed E-state index contributed by atoms with van der Waals surface area (Å²) in [7, 11) is 0. The van der Waals surface area contributed by atoms with Crippen molar-refractivity contribution < 1.29 is 9.72 Å². The lowest BCUT2D eigenvalue weighted by molar-refractivity contribution is -0.380. The second-order valence-electron chi connectivity index (χ2n) is 3.11. The topological polar surface area (TPSA) is 84.6 Å². The van der Waals surface area contributed by atoms with Gasteiger partial charge < -0.3 is 0 Å². The van der Waals surface area contributed by atoms with Crippen molar-refractivity contribution in [3.05, 3.63) is 49.5 Å². The molecule has 8 heteroatoms. The van der Waals surface area contributed by atoms with Crippen LogP contribution in [0, 0.1) is 10.1 Å². The Kier molecular flexibility index (Phi) is 3.80. The van der Waals surface area contributed by atoms with Gasteiger partial charge in [0.2, 0.25) is 0 Å². The Morgan fingerprint density at radius 2 is 2.28 bits per heavy atom. The van der Waals surface area contributed by atoms with Crippen molar-refractivity contribution in [3.8, 4) is 0 Å². The molecule has 2 aromatic heterocycles. The largest absolute Gasteiger partial charge is 0.324 e. The predicted molar refractivity (Wildman–Crippen MR) is 70.4 cm³/mol. The molecule has 92 valence electrons. The van der Waals surface area contributed by atoms with Crippen LogP contribution in [0.2, 0.25) is 0 Å². The Morgan fingerprint density at radius 3 is 2.89 bits per heavy atom. The summed E-state index contributed by atoms with van der Waals surface area (Å²) in [5.74, 6) is -0.299. The molecule has 0 aliphatic carbocycles. The molecule has 0 saturated carbocycles. The van der Waals surface area contributed by atoms with Crippen LogP contribution < -0.4 is 5.43 Å². The Hall–Kier alpha value is -2.06. The molecule has 18 heavy (non-hydrogen) atoms. The number of nitro groups is 1. The molecule has 0 aliphatic rings. The van der Waals surface area contributed by atoms with E-state index in [1.807, 2.05) is 0 Å². The number of rotatable bonds is 4. The van der Waals surface area contributed by atoms with Gasteiger partial charge >= 0.3 is 5.00 Å². The van der Waals surface area contributed by atoms with Crippen LogP contribution in [0.3, 0.4) is 0 Å². The predicted octanol–water partition coefficient (Wildman–Crippen LogP) is 2.48. The van der Waals surface area contributed by atoms with E-state index >= 15 is 0 Å². The van der Waals surface area contributed by atoms with Crippen molar-refractivity contribution in [2.75, 3.05) is 0 Å². The van der Waals surface area contributed by atoms with Crippen molar-refractivity contribution in [1.82, 2.24) is 5.43 Å². The molecule has 0 aromatic carbocycles. The third-order valence-corrected chi connectivity index (χ3v) is 3.74. The van der Waals surface area contributed by atoms with E-state index in [4.69, 9.17) is 0 Å². The molecule has 0 spiro atoms. The van der Waals surface area contributed by atoms with Crippen LogP contribution in [-0.4, -0.2) is 17.0 Å². The van der Waals surface area contributed by atoms with E-state index < -0.39 is 4.92 Å². The molecule has 0 bridgehead atoms. The molecule has 2 heterocycles. The first-order chi connectivity index (χ1) is 8.66. The molecule has 0 unspecified atom stereocenters. The van der Waals surface area contributed by atoms with Gasteiger partial charge in [-0.15, -0.1) is 11.3 Å². The quantitative estimate of drug-likeness (QED) is 0.530. The van der Waals surface area contributed by atoms with Gasteiger partial charge in [0.1, 0.15) is 0 Å². The van der Waals surface area contributed by atoms with Crippen LogP contribution in [0.15, 0.2) is 34.7 Å². The lowest BCUT2D eigenvalue weighted by Crippen LogP contribution is -2.15. The highest BCUT2D eigenvalue weighted by Crippen LogP contribution is 2.22. The van der Waals surface area contributed by atoms with E-state index in [1.54, 1.807) is 23.6 Å². The number of carbonyl (C=O) groups excluding carboxylic acids is 1. The number of hydrazone groups is 1. The number of carbonyl (C=O) groups is 1. The molecular weight excluding hydrogens is 274 g/mol. The Morgan fingerprint density at radius 1 is 1.44 bits per heavy atom. The zero-order valence-electron chi connectivity index (χ0n) is 8.90. The molecule has 0 fully saturated rings. The lowest BCUT2D eigenvalue weighted by Gasteiger charge is -1.93. The van der Waals surface area contributed by atoms with Crippen LogP contribution in [0.25, 0.3) is 0 Å². The number of thiophene rings is 2. The lowest BCUT2D eigenvalue weighted by atomic mass is 10.4. The highest BCUT2D eigenvalue weighted by atomic mass is 32.1. The van der Waals surface area contributed by atoms with Gasteiger partial charge in [0, 0.05) is 6.07 Å². The van der Waals surface area contributed by atoms with Crippen molar-refractivity contribution in [2.24, 2.45) is 5.10 Å². The van der Waals surface area contributed by atoms with Crippen LogP contribution in [0.5, 0.6) is 0 Å². The fourth-order valence-corrected chi connectivity index (χ4v) is 2.43. The average Bonchev–Trinajstić information content (AvgIpc) is 3.00. The highest BCUT2D eigenvalue weighted by Gasteiger charge is 2.08. The van der Waals surface area contributed by atoms with Crippen molar-refractivity contribution in [3.63, 3.8) is 0 Å². The normalized spacial score (nSPS) is 10.7. The first-order valence-electron chi connectivity index (χ1n) is 4.78. The van der Waals surface area contributed by atoms with Gasteiger partial charge in [0.25, 0.3) is 5.91 Å². The smallest absolute Gasteiger partial charge is 0.266 e. The minimum Gasteiger partial charge on any atom is -0.266 e. The minimum absolute atomic E-state index is 0.0426. The number of nitrogens with one attached hydrogen (secondary N) is 1. The third kappa shape index (κ3) is 2.99. The monoisotopic (exact) mass is 281 g/mol. The van der Waals surface area contributed by atoms with E-state index in [0.29, 0.717) is 9.75 Å². The van der Waals surface area contributed by atoms with Crippen molar-refractivity contribution in [1.29, 1.82) is 0 Å². The van der Waals surface area contributed by atoms with Gasteiger partial charge in [-0.2, -0.15) is 5.10 Å². The molecular formula is C10H7N3O3S2. The van der Waals surface area contributed by atoms with Crippen molar-refractivity contribution >= 4 is 39.8 Å². The van der Waals surface area contributed by atoms with E-state index in [-0.39, 0.29) is 10.9 Å². The molecule has 1 amide bonds. The fraction of sp³-hybridized carbons (Fsp3) is 0. The highest BCUT2D eigenvalue weighted by molar-refractivity contribution is 7.16. The summed E-state index contributed by atoms with van der Waals surface area (Å²) in [5, 5.41) is 16.0. The van der Waals surface area contributed by atoms with Crippen LogP contribution >= 0.6 is 22.7 Å². The maximum Gasteiger partial charge on any atom is 0.324 e. The number of hydrogen-bond donors (Lipinski definition) is 1. The Bertz CT molecular complexity index is 589. The van der Waals surface area contributed by atoms with E-state index in [0.717, 1.165) is 11.3 Å². The maximum absolute atomic E-state index is 11.5. The van der Waals surface area contributed by atoms with Gasteiger partial charge in [0.15, 0.2) is 0 Å². The molecule has 6 nitrogen and oxygen atoms in total. The van der Waals surface area contributed by atoms with Gasteiger partial charge in [-0.25, -0.2) is 5.43 Å². The van der Waals surface area contributed by atoms with E-state index in [9.17, 15) is 14.9 Å². The van der Waals surface area contributed by atoms with Crippen LogP contribution in [0.4, 0.5) is 5.00 Å². The summed E-state index contributed by atoms with van der Waals surface area (Å²) >= 11 is 2.31. The van der Waals surface area contributed by atoms with Gasteiger partial charge in [-0.1, -0.05) is 17.4 Å². The summed E-state index contributed by atoms with van der Waals surface area (Å²) in [4.78, 5) is 22.6. The fourth-order valence-electron chi connectivity index (χ4n) is 1.13. The molecule has 1 N–H and O–H groups in total. The second kappa shape index (κ2) is 5.52. The summed E-state index contributed by atoms with van der Waals surface area (Å²) in [5.41, 5.74) is 2.35. The zero-order valence-corrected chi connectivity index (χ0v) is 10.5. The van der Waals surface area contributed by atoms with Crippen LogP contribution in [-0.2, 0) is 0 Å². The second-order valence-corrected chi connectivity index (χ2v) is 5.15. The standard InChI is InChI=1S/C10H7N3O3S2/c14-10(8-2-1-5-17-8)12-11-6-7-3-4-9(18-7)13(15)16/h1-6H,(H,12,14)/b11-6+. The average molecular weight is 281 g/mol. The summed E-state index contributed by atoms with van der Waals surface area (Å²) in [6.07, 6.45) is 1.38. The van der Waals surface area contributed by atoms with Gasteiger partial charge in [0.05, 0.1) is 20.9 Å². The molecule has 0 saturated heterocycles. The first-order valence-corrected chi connectivity index (χ1v) is 6.47. The van der Waals surface area contributed by atoms with Gasteiger partial charge in [-0.3, -0.25) is 14.9 Å². The SMILES string of the molecule is O=C(N/N=C/c1ccc([N+](=O)[O-])s1)c1cccs1. The first kappa shape index (κ1) is 12.4. The molecule has 0 atom stereocenters.